The van der Waals surface area contributed by atoms with Gasteiger partial charge in [-0.2, -0.15) is 0 Å². The predicted molar refractivity (Wildman–Crippen MR) is 83.5 cm³/mol. The molecule has 1 aliphatic carbocycles. The molecule has 2 fully saturated rings. The number of nitrogens with one attached hydrogen (secondary N) is 1. The summed E-state index contributed by atoms with van der Waals surface area (Å²) in [4.78, 5) is 0. The van der Waals surface area contributed by atoms with E-state index in [4.69, 9.17) is 4.74 Å². The van der Waals surface area contributed by atoms with Crippen molar-refractivity contribution in [1.29, 1.82) is 0 Å². The lowest BCUT2D eigenvalue weighted by Crippen LogP contribution is -2.42. The SMILES string of the molecule is COc1ccc(C2CC(NCC3CCS(=O)(=O)C3)C2)cc1. The van der Waals surface area contributed by atoms with Crippen molar-refractivity contribution < 1.29 is 13.2 Å². The van der Waals surface area contributed by atoms with E-state index < -0.39 is 9.84 Å². The second kappa shape index (κ2) is 5.97. The molecule has 0 aromatic heterocycles. The first-order valence-corrected chi connectivity index (χ1v) is 9.45. The summed E-state index contributed by atoms with van der Waals surface area (Å²) in [6.07, 6.45) is 3.11. The quantitative estimate of drug-likeness (QED) is 0.903. The zero-order valence-corrected chi connectivity index (χ0v) is 13.2. The second-order valence-electron chi connectivity index (χ2n) is 6.32. The van der Waals surface area contributed by atoms with Crippen LogP contribution < -0.4 is 10.1 Å². The van der Waals surface area contributed by atoms with Crippen LogP contribution >= 0.6 is 0 Å². The summed E-state index contributed by atoms with van der Waals surface area (Å²) in [7, 11) is -1.06. The molecule has 116 valence electrons. The van der Waals surface area contributed by atoms with Crippen molar-refractivity contribution in [2.75, 3.05) is 25.2 Å². The number of sulfone groups is 1. The molecule has 2 aliphatic rings. The van der Waals surface area contributed by atoms with Crippen molar-refractivity contribution in [2.45, 2.75) is 31.2 Å². The number of rotatable bonds is 5. The molecule has 0 radical (unpaired) electrons. The molecule has 1 N–H and O–H groups in total. The molecular weight excluding hydrogens is 286 g/mol. The Kier molecular flexibility index (Phi) is 4.22. The van der Waals surface area contributed by atoms with Gasteiger partial charge in [-0.25, -0.2) is 8.42 Å². The van der Waals surface area contributed by atoms with E-state index in [9.17, 15) is 8.42 Å². The molecule has 1 unspecified atom stereocenters. The van der Waals surface area contributed by atoms with Crippen LogP contribution in [-0.4, -0.2) is 39.6 Å². The molecule has 1 atom stereocenters. The molecular formula is C16H23NO3S. The fourth-order valence-corrected chi connectivity index (χ4v) is 5.16. The summed E-state index contributed by atoms with van der Waals surface area (Å²) in [6.45, 7) is 0.846. The summed E-state index contributed by atoms with van der Waals surface area (Å²) < 4.78 is 28.0. The first-order chi connectivity index (χ1) is 10.1. The van der Waals surface area contributed by atoms with Crippen LogP contribution in [0.4, 0.5) is 0 Å². The van der Waals surface area contributed by atoms with Crippen molar-refractivity contribution >= 4 is 9.84 Å². The Hall–Kier alpha value is -1.07. The van der Waals surface area contributed by atoms with E-state index >= 15 is 0 Å². The minimum Gasteiger partial charge on any atom is -0.497 e. The van der Waals surface area contributed by atoms with Crippen LogP contribution in [-0.2, 0) is 9.84 Å². The minimum absolute atomic E-state index is 0.315. The van der Waals surface area contributed by atoms with E-state index in [2.05, 4.69) is 17.4 Å². The summed E-state index contributed by atoms with van der Waals surface area (Å²) in [5, 5.41) is 3.53. The van der Waals surface area contributed by atoms with E-state index in [0.717, 1.165) is 31.6 Å². The van der Waals surface area contributed by atoms with Crippen molar-refractivity contribution in [3.63, 3.8) is 0 Å². The molecule has 0 bridgehead atoms. The number of hydrogen-bond acceptors (Lipinski definition) is 4. The third-order valence-corrected chi connectivity index (χ3v) is 6.58. The zero-order valence-electron chi connectivity index (χ0n) is 12.4. The van der Waals surface area contributed by atoms with Crippen LogP contribution in [0, 0.1) is 5.92 Å². The summed E-state index contributed by atoms with van der Waals surface area (Å²) in [6, 6.07) is 8.85. The highest BCUT2D eigenvalue weighted by Crippen LogP contribution is 2.37. The van der Waals surface area contributed by atoms with Gasteiger partial charge in [-0.3, -0.25) is 0 Å². The third kappa shape index (κ3) is 3.58. The van der Waals surface area contributed by atoms with Gasteiger partial charge in [0.25, 0.3) is 0 Å². The summed E-state index contributed by atoms with van der Waals surface area (Å²) in [5.74, 6) is 2.58. The van der Waals surface area contributed by atoms with E-state index in [-0.39, 0.29) is 0 Å². The number of hydrogen-bond donors (Lipinski definition) is 1. The van der Waals surface area contributed by atoms with Crippen molar-refractivity contribution in [1.82, 2.24) is 5.32 Å². The lowest BCUT2D eigenvalue weighted by molar-refractivity contribution is 0.279. The monoisotopic (exact) mass is 309 g/mol. The normalized spacial score (nSPS) is 30.8. The average molecular weight is 309 g/mol. The second-order valence-corrected chi connectivity index (χ2v) is 8.54. The van der Waals surface area contributed by atoms with Crippen molar-refractivity contribution in [3.05, 3.63) is 29.8 Å². The number of methoxy groups -OCH3 is 1. The lowest BCUT2D eigenvalue weighted by atomic mass is 9.76. The molecule has 1 saturated carbocycles. The van der Waals surface area contributed by atoms with Gasteiger partial charge in [0.2, 0.25) is 0 Å². The summed E-state index contributed by atoms with van der Waals surface area (Å²) in [5.41, 5.74) is 1.37. The molecule has 0 spiro atoms. The van der Waals surface area contributed by atoms with E-state index in [1.165, 1.54) is 5.56 Å². The van der Waals surface area contributed by atoms with Crippen LogP contribution in [0.3, 0.4) is 0 Å². The average Bonchev–Trinajstić information content (AvgIpc) is 2.77. The van der Waals surface area contributed by atoms with Gasteiger partial charge in [-0.15, -0.1) is 0 Å². The van der Waals surface area contributed by atoms with Gasteiger partial charge in [-0.1, -0.05) is 12.1 Å². The molecule has 4 nitrogen and oxygen atoms in total. The Morgan fingerprint density at radius 1 is 1.24 bits per heavy atom. The zero-order chi connectivity index (χ0) is 14.9. The van der Waals surface area contributed by atoms with Crippen LogP contribution in [0.15, 0.2) is 24.3 Å². The van der Waals surface area contributed by atoms with Gasteiger partial charge in [0.1, 0.15) is 5.75 Å². The molecule has 1 saturated heterocycles. The maximum absolute atomic E-state index is 11.4. The van der Waals surface area contributed by atoms with E-state index in [1.807, 2.05) is 12.1 Å². The first-order valence-electron chi connectivity index (χ1n) is 7.63. The molecule has 1 heterocycles. The number of ether oxygens (including phenoxy) is 1. The van der Waals surface area contributed by atoms with Crippen LogP contribution in [0.2, 0.25) is 0 Å². The molecule has 1 aromatic rings. The highest BCUT2D eigenvalue weighted by molar-refractivity contribution is 7.91. The summed E-state index contributed by atoms with van der Waals surface area (Å²) >= 11 is 0. The van der Waals surface area contributed by atoms with E-state index in [1.54, 1.807) is 7.11 Å². The van der Waals surface area contributed by atoms with Gasteiger partial charge < -0.3 is 10.1 Å². The lowest BCUT2D eigenvalue weighted by Gasteiger charge is -2.37. The van der Waals surface area contributed by atoms with Crippen LogP contribution in [0.1, 0.15) is 30.7 Å². The largest absolute Gasteiger partial charge is 0.497 e. The van der Waals surface area contributed by atoms with E-state index in [0.29, 0.717) is 29.4 Å². The topological polar surface area (TPSA) is 55.4 Å². The Bertz CT molecular complexity index is 576. The highest BCUT2D eigenvalue weighted by atomic mass is 32.2. The Labute approximate surface area is 126 Å². The van der Waals surface area contributed by atoms with Crippen LogP contribution in [0.25, 0.3) is 0 Å². The fraction of sp³-hybridized carbons (Fsp3) is 0.625. The fourth-order valence-electron chi connectivity index (χ4n) is 3.30. The van der Waals surface area contributed by atoms with Gasteiger partial charge in [0.05, 0.1) is 18.6 Å². The van der Waals surface area contributed by atoms with Gasteiger partial charge in [0, 0.05) is 6.04 Å². The molecule has 0 amide bonds. The van der Waals surface area contributed by atoms with Crippen LogP contribution in [0.5, 0.6) is 5.75 Å². The molecule has 1 aromatic carbocycles. The van der Waals surface area contributed by atoms with Crippen molar-refractivity contribution in [2.24, 2.45) is 5.92 Å². The Morgan fingerprint density at radius 2 is 1.95 bits per heavy atom. The standard InChI is InChI=1S/C16H23NO3S/c1-20-16-4-2-13(3-5-16)14-8-15(9-14)17-10-12-6-7-21(18,19)11-12/h2-5,12,14-15,17H,6-11H2,1H3. The smallest absolute Gasteiger partial charge is 0.150 e. The minimum atomic E-state index is -2.74. The third-order valence-electron chi connectivity index (χ3n) is 4.75. The Balaban J connectivity index is 1.41. The van der Waals surface area contributed by atoms with Gasteiger partial charge in [-0.05, 0) is 55.3 Å². The molecule has 5 heteroatoms. The molecule has 21 heavy (non-hydrogen) atoms. The first kappa shape index (κ1) is 14.9. The highest BCUT2D eigenvalue weighted by Gasteiger charge is 2.32. The maximum atomic E-state index is 11.4. The predicted octanol–water partition coefficient (Wildman–Crippen LogP) is 1.97. The van der Waals surface area contributed by atoms with Gasteiger partial charge >= 0.3 is 0 Å². The van der Waals surface area contributed by atoms with Gasteiger partial charge in [0.15, 0.2) is 9.84 Å². The maximum Gasteiger partial charge on any atom is 0.150 e. The van der Waals surface area contributed by atoms with Crippen molar-refractivity contribution in [3.8, 4) is 5.75 Å². The number of benzene rings is 1. The molecule has 3 rings (SSSR count). The Morgan fingerprint density at radius 3 is 2.52 bits per heavy atom. The molecule has 1 aliphatic heterocycles.